The molecular weight excluding hydrogens is 292 g/mol. The first-order chi connectivity index (χ1) is 11.2. The summed E-state index contributed by atoms with van der Waals surface area (Å²) in [7, 11) is 0. The molecule has 0 fully saturated rings. The van der Waals surface area contributed by atoms with Gasteiger partial charge in [-0.05, 0) is 18.9 Å². The maximum Gasteiger partial charge on any atom is 0.311 e. The number of ether oxygens (including phenoxy) is 1. The van der Waals surface area contributed by atoms with E-state index < -0.39 is 11.9 Å². The van der Waals surface area contributed by atoms with Gasteiger partial charge in [0, 0.05) is 0 Å². The van der Waals surface area contributed by atoms with Crippen molar-refractivity contribution in [2.45, 2.75) is 96.8 Å². The van der Waals surface area contributed by atoms with Crippen molar-refractivity contribution in [2.75, 3.05) is 0 Å². The molecule has 0 radical (unpaired) electrons. The largest absolute Gasteiger partial charge is 0.481 e. The SMILES string of the molecule is CCCCCCCCCCCCCC=COC(=O)CCC(=O)O. The van der Waals surface area contributed by atoms with Gasteiger partial charge in [-0.3, -0.25) is 9.59 Å². The molecule has 23 heavy (non-hydrogen) atoms. The number of carboxylic acids is 1. The van der Waals surface area contributed by atoms with Crippen molar-refractivity contribution in [1.82, 2.24) is 0 Å². The van der Waals surface area contributed by atoms with Crippen molar-refractivity contribution in [2.24, 2.45) is 0 Å². The fourth-order valence-corrected chi connectivity index (χ4v) is 2.39. The van der Waals surface area contributed by atoms with Crippen molar-refractivity contribution < 1.29 is 19.4 Å². The van der Waals surface area contributed by atoms with Crippen molar-refractivity contribution in [1.29, 1.82) is 0 Å². The van der Waals surface area contributed by atoms with E-state index in [0.717, 1.165) is 12.8 Å². The maximum atomic E-state index is 11.1. The van der Waals surface area contributed by atoms with Crippen LogP contribution in [0.5, 0.6) is 0 Å². The molecule has 0 aromatic rings. The molecule has 4 heteroatoms. The summed E-state index contributed by atoms with van der Waals surface area (Å²) < 4.78 is 4.81. The third-order valence-corrected chi connectivity index (χ3v) is 3.81. The molecule has 0 spiro atoms. The molecule has 4 nitrogen and oxygen atoms in total. The van der Waals surface area contributed by atoms with Gasteiger partial charge >= 0.3 is 11.9 Å². The summed E-state index contributed by atoms with van der Waals surface area (Å²) in [6.45, 7) is 2.25. The Kier molecular flexibility index (Phi) is 16.1. The van der Waals surface area contributed by atoms with Crippen LogP contribution in [0.15, 0.2) is 12.3 Å². The average Bonchev–Trinajstić information content (AvgIpc) is 2.53. The van der Waals surface area contributed by atoms with Crippen LogP contribution in [0, 0.1) is 0 Å². The van der Waals surface area contributed by atoms with Crippen molar-refractivity contribution in [3.8, 4) is 0 Å². The number of carboxylic acid groups (broad SMARTS) is 1. The van der Waals surface area contributed by atoms with Gasteiger partial charge in [-0.1, -0.05) is 71.1 Å². The zero-order chi connectivity index (χ0) is 17.2. The second-order valence-corrected chi connectivity index (χ2v) is 6.08. The Labute approximate surface area is 141 Å². The molecule has 0 aliphatic heterocycles. The Morgan fingerprint density at radius 3 is 1.87 bits per heavy atom. The van der Waals surface area contributed by atoms with Crippen LogP contribution in [0.1, 0.15) is 96.8 Å². The fraction of sp³-hybridized carbons (Fsp3) is 0.789. The molecular formula is C19H34O4. The third kappa shape index (κ3) is 18.6. The van der Waals surface area contributed by atoms with Crippen LogP contribution in [0.3, 0.4) is 0 Å². The van der Waals surface area contributed by atoms with Gasteiger partial charge in [0.1, 0.15) is 0 Å². The van der Waals surface area contributed by atoms with E-state index in [4.69, 9.17) is 9.84 Å². The fourth-order valence-electron chi connectivity index (χ4n) is 2.39. The molecule has 1 N–H and O–H groups in total. The number of aliphatic carboxylic acids is 1. The molecule has 0 saturated carbocycles. The van der Waals surface area contributed by atoms with Crippen LogP contribution in [0.2, 0.25) is 0 Å². The number of rotatable bonds is 16. The summed E-state index contributed by atoms with van der Waals surface area (Å²) in [5.41, 5.74) is 0. The highest BCUT2D eigenvalue weighted by Crippen LogP contribution is 2.12. The van der Waals surface area contributed by atoms with Crippen LogP contribution in [0.25, 0.3) is 0 Å². The normalized spacial score (nSPS) is 11.0. The number of carbonyl (C=O) groups excluding carboxylic acids is 1. The highest BCUT2D eigenvalue weighted by Gasteiger charge is 2.04. The lowest BCUT2D eigenvalue weighted by Gasteiger charge is -2.01. The standard InChI is InChI=1S/C19H34O4/c1-2-3-4-5-6-7-8-9-10-11-12-13-14-17-23-19(22)16-15-18(20)21/h14,17H,2-13,15-16H2,1H3,(H,20,21). The highest BCUT2D eigenvalue weighted by atomic mass is 16.5. The molecule has 0 saturated heterocycles. The third-order valence-electron chi connectivity index (χ3n) is 3.81. The lowest BCUT2D eigenvalue weighted by Crippen LogP contribution is -2.03. The minimum Gasteiger partial charge on any atom is -0.481 e. The van der Waals surface area contributed by atoms with E-state index in [1.165, 1.54) is 70.5 Å². The topological polar surface area (TPSA) is 63.6 Å². The summed E-state index contributed by atoms with van der Waals surface area (Å²) in [5, 5.41) is 8.43. The first kappa shape index (κ1) is 21.7. The van der Waals surface area contributed by atoms with E-state index in [2.05, 4.69) is 6.92 Å². The quantitative estimate of drug-likeness (QED) is 0.227. The zero-order valence-electron chi connectivity index (χ0n) is 14.7. The number of unbranched alkanes of at least 4 members (excludes halogenated alkanes) is 11. The molecule has 0 rings (SSSR count). The molecule has 0 unspecified atom stereocenters. The molecule has 0 bridgehead atoms. The summed E-state index contributed by atoms with van der Waals surface area (Å²) in [4.78, 5) is 21.4. The van der Waals surface area contributed by atoms with Crippen molar-refractivity contribution >= 4 is 11.9 Å². The van der Waals surface area contributed by atoms with E-state index in [-0.39, 0.29) is 12.8 Å². The second-order valence-electron chi connectivity index (χ2n) is 6.08. The zero-order valence-corrected chi connectivity index (χ0v) is 14.7. The van der Waals surface area contributed by atoms with Crippen LogP contribution < -0.4 is 0 Å². The number of carbonyl (C=O) groups is 2. The van der Waals surface area contributed by atoms with Crippen LogP contribution in [-0.2, 0) is 14.3 Å². The lowest BCUT2D eigenvalue weighted by molar-refractivity contribution is -0.144. The molecule has 0 aliphatic rings. The minimum absolute atomic E-state index is 0.0713. The molecule has 0 aromatic carbocycles. The van der Waals surface area contributed by atoms with E-state index in [9.17, 15) is 9.59 Å². The Hall–Kier alpha value is -1.32. The van der Waals surface area contributed by atoms with Gasteiger partial charge in [-0.25, -0.2) is 0 Å². The molecule has 134 valence electrons. The van der Waals surface area contributed by atoms with Gasteiger partial charge in [0.05, 0.1) is 19.1 Å². The molecule has 0 amide bonds. The first-order valence-corrected chi connectivity index (χ1v) is 9.23. The Morgan fingerprint density at radius 1 is 0.826 bits per heavy atom. The minimum atomic E-state index is -0.980. The maximum absolute atomic E-state index is 11.1. The van der Waals surface area contributed by atoms with Gasteiger partial charge in [-0.2, -0.15) is 0 Å². The van der Waals surface area contributed by atoms with Crippen molar-refractivity contribution in [3.05, 3.63) is 12.3 Å². The summed E-state index contributed by atoms with van der Waals surface area (Å²) >= 11 is 0. The van der Waals surface area contributed by atoms with Gasteiger partial charge in [0.25, 0.3) is 0 Å². The average molecular weight is 326 g/mol. The van der Waals surface area contributed by atoms with Crippen LogP contribution in [0.4, 0.5) is 0 Å². The number of esters is 1. The smallest absolute Gasteiger partial charge is 0.311 e. The number of hydrogen-bond donors (Lipinski definition) is 1. The van der Waals surface area contributed by atoms with Crippen LogP contribution >= 0.6 is 0 Å². The second kappa shape index (κ2) is 17.0. The number of allylic oxidation sites excluding steroid dienone is 1. The van der Waals surface area contributed by atoms with Crippen molar-refractivity contribution in [3.63, 3.8) is 0 Å². The summed E-state index contributed by atoms with van der Waals surface area (Å²) in [6, 6.07) is 0. The van der Waals surface area contributed by atoms with Crippen LogP contribution in [-0.4, -0.2) is 17.0 Å². The van der Waals surface area contributed by atoms with E-state index in [0.29, 0.717) is 0 Å². The van der Waals surface area contributed by atoms with E-state index in [1.54, 1.807) is 0 Å². The van der Waals surface area contributed by atoms with E-state index in [1.807, 2.05) is 6.08 Å². The predicted molar refractivity (Wildman–Crippen MR) is 93.2 cm³/mol. The first-order valence-electron chi connectivity index (χ1n) is 9.23. The molecule has 0 aromatic heterocycles. The van der Waals surface area contributed by atoms with Gasteiger partial charge in [0.15, 0.2) is 0 Å². The Morgan fingerprint density at radius 2 is 1.35 bits per heavy atom. The monoisotopic (exact) mass is 326 g/mol. The van der Waals surface area contributed by atoms with Gasteiger partial charge in [-0.15, -0.1) is 0 Å². The lowest BCUT2D eigenvalue weighted by atomic mass is 10.1. The molecule has 0 atom stereocenters. The molecule has 0 heterocycles. The Balaban J connectivity index is 3.22. The van der Waals surface area contributed by atoms with Gasteiger partial charge < -0.3 is 9.84 Å². The Bertz CT molecular complexity index is 323. The van der Waals surface area contributed by atoms with E-state index >= 15 is 0 Å². The highest BCUT2D eigenvalue weighted by molar-refractivity contribution is 5.76. The predicted octanol–water partition coefficient (Wildman–Crippen LogP) is 5.61. The summed E-state index contributed by atoms with van der Waals surface area (Å²) in [5.74, 6) is -1.46. The summed E-state index contributed by atoms with van der Waals surface area (Å²) in [6.07, 6.45) is 18.4. The number of hydrogen-bond acceptors (Lipinski definition) is 3. The molecule has 0 aliphatic carbocycles. The van der Waals surface area contributed by atoms with Gasteiger partial charge in [0.2, 0.25) is 0 Å².